The average molecular weight is 273 g/mol. The number of rotatable bonds is 7. The van der Waals surface area contributed by atoms with Crippen LogP contribution >= 0.6 is 0 Å². The summed E-state index contributed by atoms with van der Waals surface area (Å²) < 4.78 is 5.33. The molecule has 4 nitrogen and oxygen atoms in total. The van der Waals surface area contributed by atoms with Gasteiger partial charge in [0.2, 0.25) is 0 Å². The van der Waals surface area contributed by atoms with Crippen molar-refractivity contribution in [1.29, 1.82) is 0 Å². The lowest BCUT2D eigenvalue weighted by Gasteiger charge is -2.18. The van der Waals surface area contributed by atoms with Gasteiger partial charge < -0.3 is 14.6 Å². The summed E-state index contributed by atoms with van der Waals surface area (Å²) in [4.78, 5) is 6.59. The van der Waals surface area contributed by atoms with Gasteiger partial charge in [-0.3, -0.25) is 0 Å². The summed E-state index contributed by atoms with van der Waals surface area (Å²) >= 11 is 0. The SMILES string of the molecule is CCCNCc1ccnc(N(C)Cc2ccoc2C)c1. The number of pyridine rings is 1. The second kappa shape index (κ2) is 7.10. The molecule has 0 bridgehead atoms. The Morgan fingerprint density at radius 3 is 2.90 bits per heavy atom. The first-order valence-corrected chi connectivity index (χ1v) is 7.10. The van der Waals surface area contributed by atoms with E-state index in [1.165, 1.54) is 11.1 Å². The van der Waals surface area contributed by atoms with Gasteiger partial charge in [0.1, 0.15) is 11.6 Å². The van der Waals surface area contributed by atoms with E-state index in [1.54, 1.807) is 6.26 Å². The van der Waals surface area contributed by atoms with Crippen molar-refractivity contribution < 1.29 is 4.42 Å². The van der Waals surface area contributed by atoms with Crippen molar-refractivity contribution in [3.63, 3.8) is 0 Å². The van der Waals surface area contributed by atoms with E-state index in [0.717, 1.165) is 37.6 Å². The molecule has 108 valence electrons. The van der Waals surface area contributed by atoms with E-state index in [1.807, 2.05) is 19.2 Å². The van der Waals surface area contributed by atoms with Crippen molar-refractivity contribution in [3.8, 4) is 0 Å². The van der Waals surface area contributed by atoms with Crippen LogP contribution in [0, 0.1) is 6.92 Å². The van der Waals surface area contributed by atoms with Gasteiger partial charge in [0, 0.05) is 31.9 Å². The molecule has 0 atom stereocenters. The van der Waals surface area contributed by atoms with Gasteiger partial charge in [-0.15, -0.1) is 0 Å². The van der Waals surface area contributed by atoms with Crippen LogP contribution in [0.1, 0.15) is 30.2 Å². The molecular weight excluding hydrogens is 250 g/mol. The monoisotopic (exact) mass is 273 g/mol. The standard InChI is InChI=1S/C16H23N3O/c1-4-7-17-11-14-5-8-18-16(10-14)19(3)12-15-6-9-20-13(15)2/h5-6,8-10,17H,4,7,11-12H2,1-3H3. The molecule has 2 rings (SSSR count). The van der Waals surface area contributed by atoms with E-state index in [2.05, 4.69) is 41.3 Å². The Kier molecular flexibility index (Phi) is 5.18. The van der Waals surface area contributed by atoms with Crippen LogP contribution in [-0.4, -0.2) is 18.6 Å². The maximum atomic E-state index is 5.33. The third-order valence-electron chi connectivity index (χ3n) is 3.33. The van der Waals surface area contributed by atoms with Gasteiger partial charge in [-0.1, -0.05) is 6.92 Å². The van der Waals surface area contributed by atoms with Crippen LogP contribution in [0.15, 0.2) is 35.1 Å². The van der Waals surface area contributed by atoms with Crippen molar-refractivity contribution in [3.05, 3.63) is 47.5 Å². The number of aryl methyl sites for hydroxylation is 1. The zero-order valence-corrected chi connectivity index (χ0v) is 12.5. The highest BCUT2D eigenvalue weighted by atomic mass is 16.3. The minimum atomic E-state index is 0.807. The second-order valence-electron chi connectivity index (χ2n) is 5.06. The Hall–Kier alpha value is -1.81. The highest BCUT2D eigenvalue weighted by molar-refractivity contribution is 5.41. The van der Waals surface area contributed by atoms with Crippen LogP contribution in [0.2, 0.25) is 0 Å². The Balaban J connectivity index is 2.00. The molecule has 0 unspecified atom stereocenters. The molecule has 4 heteroatoms. The molecule has 0 aliphatic rings. The fraction of sp³-hybridized carbons (Fsp3) is 0.438. The molecule has 0 spiro atoms. The summed E-state index contributed by atoms with van der Waals surface area (Å²) in [7, 11) is 2.05. The normalized spacial score (nSPS) is 10.8. The Morgan fingerprint density at radius 1 is 1.35 bits per heavy atom. The molecule has 0 saturated carbocycles. The number of hydrogen-bond acceptors (Lipinski definition) is 4. The van der Waals surface area contributed by atoms with Crippen LogP contribution < -0.4 is 10.2 Å². The molecule has 0 aliphatic heterocycles. The molecule has 2 aromatic rings. The van der Waals surface area contributed by atoms with Gasteiger partial charge in [-0.2, -0.15) is 0 Å². The van der Waals surface area contributed by atoms with Crippen LogP contribution in [0.5, 0.6) is 0 Å². The molecule has 0 amide bonds. The Morgan fingerprint density at radius 2 is 2.20 bits per heavy atom. The van der Waals surface area contributed by atoms with Crippen LogP contribution in [0.4, 0.5) is 5.82 Å². The first-order valence-electron chi connectivity index (χ1n) is 7.10. The minimum Gasteiger partial charge on any atom is -0.469 e. The zero-order valence-electron chi connectivity index (χ0n) is 12.5. The fourth-order valence-electron chi connectivity index (χ4n) is 2.10. The molecule has 0 aliphatic carbocycles. The van der Waals surface area contributed by atoms with Crippen molar-refractivity contribution in [2.45, 2.75) is 33.4 Å². The van der Waals surface area contributed by atoms with E-state index < -0.39 is 0 Å². The minimum absolute atomic E-state index is 0.807. The van der Waals surface area contributed by atoms with Crippen molar-refractivity contribution in [2.24, 2.45) is 0 Å². The summed E-state index contributed by atoms with van der Waals surface area (Å²) in [5, 5.41) is 3.41. The van der Waals surface area contributed by atoms with E-state index in [0.29, 0.717) is 0 Å². The molecule has 2 heterocycles. The largest absolute Gasteiger partial charge is 0.469 e. The smallest absolute Gasteiger partial charge is 0.128 e. The maximum absolute atomic E-state index is 5.33. The number of nitrogens with one attached hydrogen (secondary N) is 1. The first-order chi connectivity index (χ1) is 9.70. The molecule has 20 heavy (non-hydrogen) atoms. The summed E-state index contributed by atoms with van der Waals surface area (Å²) in [6.45, 7) is 6.90. The van der Waals surface area contributed by atoms with Gasteiger partial charge in [-0.05, 0) is 43.7 Å². The number of anilines is 1. The summed E-state index contributed by atoms with van der Waals surface area (Å²) in [6.07, 6.45) is 4.76. The van der Waals surface area contributed by atoms with E-state index >= 15 is 0 Å². The molecule has 1 N–H and O–H groups in total. The summed E-state index contributed by atoms with van der Waals surface area (Å²) in [5.74, 6) is 1.96. The number of furan rings is 1. The topological polar surface area (TPSA) is 41.3 Å². The van der Waals surface area contributed by atoms with E-state index in [-0.39, 0.29) is 0 Å². The predicted molar refractivity (Wildman–Crippen MR) is 81.8 cm³/mol. The van der Waals surface area contributed by atoms with Crippen LogP contribution in [-0.2, 0) is 13.1 Å². The van der Waals surface area contributed by atoms with Gasteiger partial charge in [-0.25, -0.2) is 4.98 Å². The lowest BCUT2D eigenvalue weighted by molar-refractivity contribution is 0.529. The van der Waals surface area contributed by atoms with E-state index in [9.17, 15) is 0 Å². The molecule has 0 saturated heterocycles. The molecule has 2 aromatic heterocycles. The van der Waals surface area contributed by atoms with Crippen LogP contribution in [0.25, 0.3) is 0 Å². The highest BCUT2D eigenvalue weighted by Crippen LogP contribution is 2.17. The van der Waals surface area contributed by atoms with E-state index in [4.69, 9.17) is 4.42 Å². The lowest BCUT2D eigenvalue weighted by atomic mass is 10.2. The third-order valence-corrected chi connectivity index (χ3v) is 3.33. The van der Waals surface area contributed by atoms with Gasteiger partial charge >= 0.3 is 0 Å². The molecule has 0 aromatic carbocycles. The lowest BCUT2D eigenvalue weighted by Crippen LogP contribution is -2.19. The molecule has 0 radical (unpaired) electrons. The summed E-state index contributed by atoms with van der Waals surface area (Å²) in [5.41, 5.74) is 2.46. The highest BCUT2D eigenvalue weighted by Gasteiger charge is 2.08. The maximum Gasteiger partial charge on any atom is 0.128 e. The predicted octanol–water partition coefficient (Wildman–Crippen LogP) is 3.12. The first kappa shape index (κ1) is 14.6. The average Bonchev–Trinajstić information content (AvgIpc) is 2.85. The summed E-state index contributed by atoms with van der Waals surface area (Å²) in [6, 6.07) is 6.21. The second-order valence-corrected chi connectivity index (χ2v) is 5.06. The molecule has 0 fully saturated rings. The Labute approximate surface area is 120 Å². The third kappa shape index (κ3) is 3.84. The zero-order chi connectivity index (χ0) is 14.4. The van der Waals surface area contributed by atoms with Gasteiger partial charge in [0.25, 0.3) is 0 Å². The Bertz CT molecular complexity index is 536. The molecular formula is C16H23N3O. The number of nitrogens with zero attached hydrogens (tertiary/aromatic N) is 2. The van der Waals surface area contributed by atoms with Gasteiger partial charge in [0.15, 0.2) is 0 Å². The van der Waals surface area contributed by atoms with Gasteiger partial charge in [0.05, 0.1) is 6.26 Å². The van der Waals surface area contributed by atoms with Crippen molar-refractivity contribution in [2.75, 3.05) is 18.5 Å². The number of hydrogen-bond donors (Lipinski definition) is 1. The fourth-order valence-corrected chi connectivity index (χ4v) is 2.10. The van der Waals surface area contributed by atoms with Crippen LogP contribution in [0.3, 0.4) is 0 Å². The quantitative estimate of drug-likeness (QED) is 0.787. The van der Waals surface area contributed by atoms with Crippen molar-refractivity contribution >= 4 is 5.82 Å². The van der Waals surface area contributed by atoms with Crippen molar-refractivity contribution in [1.82, 2.24) is 10.3 Å². The number of aromatic nitrogens is 1.